The summed E-state index contributed by atoms with van der Waals surface area (Å²) < 4.78 is 19.9. The number of quaternary nitrogens is 1. The zero-order chi connectivity index (χ0) is 17.8. The van der Waals surface area contributed by atoms with Crippen molar-refractivity contribution in [3.8, 4) is 11.1 Å². The van der Waals surface area contributed by atoms with Crippen molar-refractivity contribution in [1.82, 2.24) is 5.32 Å². The molecule has 0 spiro atoms. The van der Waals surface area contributed by atoms with Crippen LogP contribution in [0.1, 0.15) is 0 Å². The Kier molecular flexibility index (Phi) is 5.28. The third-order valence-corrected chi connectivity index (χ3v) is 4.02. The van der Waals surface area contributed by atoms with E-state index in [1.54, 1.807) is 31.8 Å². The molecule has 1 aliphatic heterocycles. The molecule has 0 saturated carbocycles. The molecule has 1 unspecified atom stereocenters. The van der Waals surface area contributed by atoms with Gasteiger partial charge in [-0.3, -0.25) is 4.90 Å². The molecule has 7 heteroatoms. The summed E-state index contributed by atoms with van der Waals surface area (Å²) in [6.07, 6.45) is -0.689. The second-order valence-corrected chi connectivity index (χ2v) is 5.82. The SMILES string of the molecule is CNCC1CN(c2ccc(-c3cccc([NH2+]OC)c3)c(F)c2)C(=O)O1. The average Bonchev–Trinajstić information content (AvgIpc) is 2.96. The van der Waals surface area contributed by atoms with Crippen molar-refractivity contribution in [3.05, 3.63) is 48.3 Å². The molecule has 0 aromatic heterocycles. The number of anilines is 1. The number of carbonyl (C=O) groups excluding carboxylic acids is 1. The van der Waals surface area contributed by atoms with Crippen LogP contribution in [-0.2, 0) is 9.57 Å². The quantitative estimate of drug-likeness (QED) is 0.618. The third kappa shape index (κ3) is 3.79. The van der Waals surface area contributed by atoms with E-state index in [1.807, 2.05) is 24.3 Å². The first kappa shape index (κ1) is 17.3. The van der Waals surface area contributed by atoms with Gasteiger partial charge in [0.1, 0.15) is 11.9 Å². The molecule has 3 N–H and O–H groups in total. The molecule has 0 bridgehead atoms. The molecular weight excluding hydrogens is 325 g/mol. The van der Waals surface area contributed by atoms with Crippen LogP contribution in [0.2, 0.25) is 0 Å². The third-order valence-electron chi connectivity index (χ3n) is 4.02. The standard InChI is InChI=1S/C18H20FN3O3/c1-20-10-15-11-22(18(23)25-15)14-6-7-16(17(19)9-14)12-4-3-5-13(8-12)21-24-2/h3-9,15,20-21H,10-11H2,1-2H3/p+1. The first-order chi connectivity index (χ1) is 12.1. The fourth-order valence-corrected chi connectivity index (χ4v) is 2.89. The summed E-state index contributed by atoms with van der Waals surface area (Å²) in [5.41, 5.74) is 4.14. The van der Waals surface area contributed by atoms with Gasteiger partial charge in [-0.2, -0.15) is 5.48 Å². The highest BCUT2D eigenvalue weighted by atomic mass is 19.1. The zero-order valence-corrected chi connectivity index (χ0v) is 14.2. The van der Waals surface area contributed by atoms with Crippen LogP contribution >= 0.6 is 0 Å². The minimum atomic E-state index is -0.455. The highest BCUT2D eigenvalue weighted by Gasteiger charge is 2.32. The summed E-state index contributed by atoms with van der Waals surface area (Å²) in [6.45, 7) is 0.961. The highest BCUT2D eigenvalue weighted by Crippen LogP contribution is 2.29. The second-order valence-electron chi connectivity index (χ2n) is 5.82. The van der Waals surface area contributed by atoms with Crippen molar-refractivity contribution in [2.75, 3.05) is 32.1 Å². The molecule has 1 heterocycles. The van der Waals surface area contributed by atoms with Crippen LogP contribution in [-0.4, -0.2) is 39.4 Å². The molecule has 1 fully saturated rings. The molecule has 2 aromatic carbocycles. The van der Waals surface area contributed by atoms with Crippen molar-refractivity contribution in [2.45, 2.75) is 6.10 Å². The summed E-state index contributed by atoms with van der Waals surface area (Å²) in [6, 6.07) is 12.2. The number of carbonyl (C=O) groups is 1. The maximum Gasteiger partial charge on any atom is 0.414 e. The van der Waals surface area contributed by atoms with Gasteiger partial charge in [-0.25, -0.2) is 14.0 Å². The number of benzene rings is 2. The van der Waals surface area contributed by atoms with Crippen LogP contribution in [0.25, 0.3) is 11.1 Å². The molecule has 132 valence electrons. The summed E-state index contributed by atoms with van der Waals surface area (Å²) in [7, 11) is 3.36. The fraction of sp³-hybridized carbons (Fsp3) is 0.278. The molecule has 0 aliphatic carbocycles. The molecule has 3 rings (SSSR count). The Morgan fingerprint density at radius 2 is 2.20 bits per heavy atom. The fourth-order valence-electron chi connectivity index (χ4n) is 2.89. The maximum atomic E-state index is 14.6. The zero-order valence-electron chi connectivity index (χ0n) is 14.2. The Labute approximate surface area is 145 Å². The normalized spacial score (nSPS) is 17.0. The van der Waals surface area contributed by atoms with Gasteiger partial charge in [0.2, 0.25) is 0 Å². The first-order valence-corrected chi connectivity index (χ1v) is 8.01. The van der Waals surface area contributed by atoms with Crippen molar-refractivity contribution in [1.29, 1.82) is 0 Å². The monoisotopic (exact) mass is 346 g/mol. The van der Waals surface area contributed by atoms with Gasteiger partial charge >= 0.3 is 6.09 Å². The van der Waals surface area contributed by atoms with E-state index in [0.29, 0.717) is 24.3 Å². The lowest BCUT2D eigenvalue weighted by Gasteiger charge is -2.14. The van der Waals surface area contributed by atoms with E-state index in [-0.39, 0.29) is 6.10 Å². The number of hydrogen-bond acceptors (Lipinski definition) is 4. The van der Waals surface area contributed by atoms with Crippen LogP contribution in [0.4, 0.5) is 20.6 Å². The Hall–Kier alpha value is -2.48. The van der Waals surface area contributed by atoms with Crippen LogP contribution in [0.5, 0.6) is 0 Å². The number of rotatable bonds is 6. The number of cyclic esters (lactones) is 1. The molecule has 0 radical (unpaired) electrons. The predicted octanol–water partition coefficient (Wildman–Crippen LogP) is 1.79. The number of nitrogens with one attached hydrogen (secondary N) is 1. The number of hydrogen-bond donors (Lipinski definition) is 2. The van der Waals surface area contributed by atoms with Gasteiger partial charge in [-0.15, -0.1) is 0 Å². The number of nitrogens with two attached hydrogens (primary N) is 1. The minimum Gasteiger partial charge on any atom is -0.443 e. The molecule has 1 atom stereocenters. The highest BCUT2D eigenvalue weighted by molar-refractivity contribution is 5.90. The van der Waals surface area contributed by atoms with Crippen LogP contribution < -0.4 is 15.7 Å². The van der Waals surface area contributed by atoms with Crippen LogP contribution in [0, 0.1) is 5.82 Å². The van der Waals surface area contributed by atoms with Crippen LogP contribution in [0.3, 0.4) is 0 Å². The largest absolute Gasteiger partial charge is 0.443 e. The topological polar surface area (TPSA) is 67.4 Å². The molecule has 2 aromatic rings. The maximum absolute atomic E-state index is 14.6. The molecule has 25 heavy (non-hydrogen) atoms. The molecule has 1 saturated heterocycles. The van der Waals surface area contributed by atoms with Gasteiger partial charge in [0, 0.05) is 24.2 Å². The van der Waals surface area contributed by atoms with E-state index in [1.165, 1.54) is 11.0 Å². The summed E-state index contributed by atoms with van der Waals surface area (Å²) in [5.74, 6) is -0.392. The first-order valence-electron chi connectivity index (χ1n) is 8.01. The van der Waals surface area contributed by atoms with Gasteiger partial charge in [-0.05, 0) is 30.8 Å². The predicted molar refractivity (Wildman–Crippen MR) is 92.0 cm³/mol. The Morgan fingerprint density at radius 1 is 1.36 bits per heavy atom. The summed E-state index contributed by atoms with van der Waals surface area (Å²) >= 11 is 0. The lowest BCUT2D eigenvalue weighted by atomic mass is 10.0. The van der Waals surface area contributed by atoms with Gasteiger partial charge in [0.05, 0.1) is 19.3 Å². The lowest BCUT2D eigenvalue weighted by molar-refractivity contribution is -0.830. The number of halogens is 1. The van der Waals surface area contributed by atoms with E-state index in [0.717, 1.165) is 11.3 Å². The summed E-state index contributed by atoms with van der Waals surface area (Å²) in [5, 5.41) is 2.97. The van der Waals surface area contributed by atoms with E-state index in [4.69, 9.17) is 9.57 Å². The van der Waals surface area contributed by atoms with Gasteiger partial charge < -0.3 is 10.1 Å². The van der Waals surface area contributed by atoms with Crippen molar-refractivity contribution in [2.24, 2.45) is 0 Å². The number of likely N-dealkylation sites (N-methyl/N-ethyl adjacent to an activating group) is 1. The van der Waals surface area contributed by atoms with E-state index >= 15 is 0 Å². The Morgan fingerprint density at radius 3 is 2.92 bits per heavy atom. The van der Waals surface area contributed by atoms with Gasteiger partial charge in [0.25, 0.3) is 0 Å². The number of ether oxygens (including phenoxy) is 1. The minimum absolute atomic E-state index is 0.235. The van der Waals surface area contributed by atoms with Crippen LogP contribution in [0.15, 0.2) is 42.5 Å². The molecule has 6 nitrogen and oxygen atoms in total. The number of nitrogens with zero attached hydrogens (tertiary/aromatic N) is 1. The smallest absolute Gasteiger partial charge is 0.414 e. The second kappa shape index (κ2) is 7.60. The van der Waals surface area contributed by atoms with E-state index in [2.05, 4.69) is 5.32 Å². The number of amides is 1. The Balaban J connectivity index is 1.84. The summed E-state index contributed by atoms with van der Waals surface area (Å²) in [4.78, 5) is 18.4. The Bertz CT molecular complexity index is 769. The molecule has 1 amide bonds. The van der Waals surface area contributed by atoms with Gasteiger partial charge in [0.15, 0.2) is 5.69 Å². The molecule has 1 aliphatic rings. The van der Waals surface area contributed by atoms with Crippen molar-refractivity contribution < 1.29 is 24.2 Å². The average molecular weight is 346 g/mol. The van der Waals surface area contributed by atoms with E-state index in [9.17, 15) is 9.18 Å². The van der Waals surface area contributed by atoms with Crippen molar-refractivity contribution >= 4 is 17.5 Å². The lowest BCUT2D eigenvalue weighted by Crippen LogP contribution is -2.75. The van der Waals surface area contributed by atoms with Gasteiger partial charge in [-0.1, -0.05) is 12.1 Å². The van der Waals surface area contributed by atoms with E-state index < -0.39 is 11.9 Å². The molecular formula is C18H21FN3O3+. The van der Waals surface area contributed by atoms with Crippen molar-refractivity contribution in [3.63, 3.8) is 0 Å².